The van der Waals surface area contributed by atoms with Gasteiger partial charge in [0, 0.05) is 53.4 Å². The Bertz CT molecular complexity index is 1940. The van der Waals surface area contributed by atoms with Gasteiger partial charge in [-0.05, 0) is 84.2 Å². The van der Waals surface area contributed by atoms with Gasteiger partial charge in [-0.15, -0.1) is 0 Å². The zero-order valence-corrected chi connectivity index (χ0v) is 25.3. The van der Waals surface area contributed by atoms with Crippen LogP contribution in [0.1, 0.15) is 24.1 Å². The molecule has 0 saturated heterocycles. The minimum atomic E-state index is 0.975. The highest BCUT2D eigenvalue weighted by Crippen LogP contribution is 2.42. The number of likely N-dealkylation sites (N-methyl/N-ethyl adjacent to an activating group) is 1. The molecule has 5 aromatic rings. The third-order valence-corrected chi connectivity index (χ3v) is 8.67. The van der Waals surface area contributed by atoms with Crippen LogP contribution in [0.25, 0.3) is 23.1 Å². The summed E-state index contributed by atoms with van der Waals surface area (Å²) in [4.78, 5) is 4.70. The molecule has 0 radical (unpaired) electrons. The lowest BCUT2D eigenvalue weighted by Crippen LogP contribution is -2.32. The first-order valence-electron chi connectivity index (χ1n) is 15.3. The fraction of sp³-hybridized carbons (Fsp3) is 0.0976. The Kier molecular flexibility index (Phi) is 7.52. The van der Waals surface area contributed by atoms with Crippen LogP contribution >= 0.6 is 0 Å². The number of para-hydroxylation sites is 4. The number of rotatable bonds is 6. The molecule has 0 spiro atoms. The first-order chi connectivity index (χ1) is 21.7. The van der Waals surface area contributed by atoms with Gasteiger partial charge in [0.05, 0.1) is 5.70 Å². The van der Waals surface area contributed by atoms with Crippen LogP contribution in [-0.2, 0) is 7.05 Å². The number of benzene rings is 4. The van der Waals surface area contributed by atoms with E-state index in [2.05, 4.69) is 186 Å². The van der Waals surface area contributed by atoms with Crippen molar-refractivity contribution in [3.05, 3.63) is 179 Å². The molecule has 0 saturated carbocycles. The molecule has 3 nitrogen and oxygen atoms in total. The van der Waals surface area contributed by atoms with Crippen LogP contribution in [0.3, 0.4) is 0 Å². The van der Waals surface area contributed by atoms with Crippen LogP contribution in [0.4, 0.5) is 17.1 Å². The van der Waals surface area contributed by atoms with Crippen LogP contribution in [-0.4, -0.2) is 7.05 Å². The van der Waals surface area contributed by atoms with Gasteiger partial charge in [0.2, 0.25) is 11.2 Å². The van der Waals surface area contributed by atoms with E-state index >= 15 is 0 Å². The number of fused-ring (bicyclic) bond motifs is 2. The second-order valence-electron chi connectivity index (χ2n) is 11.3. The molecular weight excluding hydrogens is 534 g/mol. The van der Waals surface area contributed by atoms with E-state index < -0.39 is 0 Å². The van der Waals surface area contributed by atoms with Crippen LogP contribution in [0.5, 0.6) is 0 Å². The molecule has 44 heavy (non-hydrogen) atoms. The summed E-state index contributed by atoms with van der Waals surface area (Å²) in [6, 6.07) is 43.0. The molecule has 214 valence electrons. The number of aryl methyl sites for hydroxylation is 1. The van der Waals surface area contributed by atoms with Gasteiger partial charge in [0.1, 0.15) is 7.05 Å². The molecule has 3 heteroatoms. The quantitative estimate of drug-likeness (QED) is 0.188. The molecule has 1 aromatic heterocycles. The molecule has 2 heterocycles. The second-order valence-corrected chi connectivity index (χ2v) is 11.3. The van der Waals surface area contributed by atoms with Crippen LogP contribution < -0.4 is 14.4 Å². The third kappa shape index (κ3) is 5.29. The van der Waals surface area contributed by atoms with E-state index in [1.54, 1.807) is 0 Å². The maximum Gasteiger partial charge on any atom is 0.212 e. The Hall–Kier alpha value is -5.41. The van der Waals surface area contributed by atoms with E-state index in [9.17, 15) is 0 Å². The molecule has 0 fully saturated rings. The highest BCUT2D eigenvalue weighted by Gasteiger charge is 2.26. The zero-order chi connectivity index (χ0) is 29.9. The fourth-order valence-electron chi connectivity index (χ4n) is 6.31. The summed E-state index contributed by atoms with van der Waals surface area (Å²) >= 11 is 0. The summed E-state index contributed by atoms with van der Waals surface area (Å²) < 4.78 is 2.28. The molecule has 0 amide bonds. The largest absolute Gasteiger partial charge is 0.344 e. The third-order valence-electron chi connectivity index (χ3n) is 8.67. The monoisotopic (exact) mass is 570 g/mol. The molecule has 0 atom stereocenters. The Morgan fingerprint density at radius 1 is 0.659 bits per heavy atom. The number of anilines is 3. The lowest BCUT2D eigenvalue weighted by atomic mass is 10.1. The molecule has 7 rings (SSSR count). The van der Waals surface area contributed by atoms with Gasteiger partial charge in [-0.25, -0.2) is 0 Å². The summed E-state index contributed by atoms with van der Waals surface area (Å²) in [6.45, 7) is 0. The molecule has 4 aromatic carbocycles. The highest BCUT2D eigenvalue weighted by atomic mass is 15.2. The van der Waals surface area contributed by atoms with Crippen molar-refractivity contribution in [2.24, 2.45) is 7.05 Å². The van der Waals surface area contributed by atoms with Gasteiger partial charge >= 0.3 is 0 Å². The molecular formula is C41H36N3+. The summed E-state index contributed by atoms with van der Waals surface area (Å²) in [5.74, 6) is 0. The number of nitrogens with zero attached hydrogens (tertiary/aromatic N) is 3. The molecule has 0 N–H and O–H groups in total. The lowest BCUT2D eigenvalue weighted by molar-refractivity contribution is -0.646. The zero-order valence-electron chi connectivity index (χ0n) is 25.3. The minimum absolute atomic E-state index is 0.975. The van der Waals surface area contributed by atoms with Gasteiger partial charge < -0.3 is 9.80 Å². The van der Waals surface area contributed by atoms with Crippen molar-refractivity contribution in [2.45, 2.75) is 12.8 Å². The van der Waals surface area contributed by atoms with Crippen molar-refractivity contribution >= 4 is 40.1 Å². The van der Waals surface area contributed by atoms with Crippen LogP contribution in [0.15, 0.2) is 168 Å². The van der Waals surface area contributed by atoms with E-state index in [0.29, 0.717) is 0 Å². The van der Waals surface area contributed by atoms with E-state index in [-0.39, 0.29) is 0 Å². The second kappa shape index (κ2) is 12.1. The lowest BCUT2D eigenvalue weighted by Gasteiger charge is -2.29. The first-order valence-corrected chi connectivity index (χ1v) is 15.3. The number of pyridine rings is 1. The van der Waals surface area contributed by atoms with Crippen molar-refractivity contribution < 1.29 is 4.57 Å². The number of allylic oxidation sites excluding steroid dienone is 6. The average Bonchev–Trinajstić information content (AvgIpc) is 3.47. The first kappa shape index (κ1) is 27.4. The van der Waals surface area contributed by atoms with Gasteiger partial charge in [-0.2, -0.15) is 4.57 Å². The smallest absolute Gasteiger partial charge is 0.212 e. The predicted octanol–water partition coefficient (Wildman–Crippen LogP) is 9.54. The van der Waals surface area contributed by atoms with Crippen LogP contribution in [0, 0.1) is 0 Å². The van der Waals surface area contributed by atoms with E-state index in [0.717, 1.165) is 24.2 Å². The van der Waals surface area contributed by atoms with Gasteiger partial charge in [0.15, 0.2) is 0 Å². The maximum atomic E-state index is 2.42. The van der Waals surface area contributed by atoms with Gasteiger partial charge in [-0.3, -0.25) is 0 Å². The van der Waals surface area contributed by atoms with Gasteiger partial charge in [0.25, 0.3) is 0 Å². The standard InChI is InChI=1S/C41H36N3/c1-42-35(27-23-31-13-9-11-19-39(31)42)29-25-33-21-22-34(26-30-36-28-24-32-14-10-12-20-40(32)43(36)2)41(33)44(37-15-5-3-6-16-37)38-17-7-4-8-18-38/h3-20,23-30H,21-22H2,1-2H3/q+1. The van der Waals surface area contributed by atoms with Crippen molar-refractivity contribution in [1.82, 2.24) is 0 Å². The van der Waals surface area contributed by atoms with Gasteiger partial charge in [-0.1, -0.05) is 85.0 Å². The SMILES string of the molecule is CN1/C(=C/C=C2\CCC(/C=C/c3ccc4ccccc4[n+]3C)=C2N(c2ccccc2)c2ccccc2)C=Cc2ccccc21. The summed E-state index contributed by atoms with van der Waals surface area (Å²) in [5.41, 5.74) is 12.3. The molecule has 0 bridgehead atoms. The Morgan fingerprint density at radius 3 is 2.11 bits per heavy atom. The number of hydrogen-bond donors (Lipinski definition) is 0. The van der Waals surface area contributed by atoms with Crippen molar-refractivity contribution in [1.29, 1.82) is 0 Å². The minimum Gasteiger partial charge on any atom is -0.344 e. The Morgan fingerprint density at radius 2 is 1.34 bits per heavy atom. The highest BCUT2D eigenvalue weighted by molar-refractivity contribution is 5.78. The molecule has 0 unspecified atom stereocenters. The summed E-state index contributed by atoms with van der Waals surface area (Å²) in [6.07, 6.45) is 15.6. The average molecular weight is 571 g/mol. The maximum absolute atomic E-state index is 2.42. The number of hydrogen-bond acceptors (Lipinski definition) is 2. The molecule has 1 aliphatic carbocycles. The summed E-state index contributed by atoms with van der Waals surface area (Å²) in [7, 11) is 4.30. The molecule has 1 aliphatic heterocycles. The molecule has 2 aliphatic rings. The number of aromatic nitrogens is 1. The van der Waals surface area contributed by atoms with Crippen molar-refractivity contribution in [3.63, 3.8) is 0 Å². The van der Waals surface area contributed by atoms with E-state index in [1.807, 2.05) is 0 Å². The fourth-order valence-corrected chi connectivity index (χ4v) is 6.31. The summed E-state index contributed by atoms with van der Waals surface area (Å²) in [5, 5.41) is 1.25. The van der Waals surface area contributed by atoms with Crippen LogP contribution in [0.2, 0.25) is 0 Å². The normalized spacial score (nSPS) is 16.5. The predicted molar refractivity (Wildman–Crippen MR) is 185 cm³/mol. The topological polar surface area (TPSA) is 10.4 Å². The van der Waals surface area contributed by atoms with Crippen molar-refractivity contribution in [3.8, 4) is 0 Å². The Labute approximate surface area is 260 Å². The van der Waals surface area contributed by atoms with E-state index in [1.165, 1.54) is 50.4 Å². The van der Waals surface area contributed by atoms with Crippen molar-refractivity contribution in [2.75, 3.05) is 16.8 Å². The Balaban J connectivity index is 1.35. The van der Waals surface area contributed by atoms with E-state index in [4.69, 9.17) is 0 Å².